The molecule has 7 aromatic carbocycles. The Kier molecular flexibility index (Phi) is 6.72. The Labute approximate surface area is 315 Å². The van der Waals surface area contributed by atoms with Gasteiger partial charge in [0.1, 0.15) is 5.76 Å². The molecule has 0 N–H and O–H groups in total. The van der Waals surface area contributed by atoms with E-state index in [2.05, 4.69) is 193 Å². The van der Waals surface area contributed by atoms with Crippen LogP contribution in [0.5, 0.6) is 0 Å². The Morgan fingerprint density at radius 3 is 2.04 bits per heavy atom. The maximum absolute atomic E-state index is 6.90. The van der Waals surface area contributed by atoms with Gasteiger partial charge in [-0.1, -0.05) is 111 Å². The van der Waals surface area contributed by atoms with Gasteiger partial charge < -0.3 is 13.9 Å². The molecule has 258 valence electrons. The molecule has 3 nitrogen and oxygen atoms in total. The summed E-state index contributed by atoms with van der Waals surface area (Å²) in [5, 5.41) is 3.65. The number of furan rings is 1. The highest BCUT2D eigenvalue weighted by Gasteiger charge is 2.35. The van der Waals surface area contributed by atoms with E-state index >= 15 is 0 Å². The molecular weight excluding hydrogens is 657 g/mol. The standard InChI is InChI=1S/C51H38N2O/c1-51(2)44-22-12-9-19-38(44)39-30-25-33(31-45(39)51)42-32-43-40-20-11-14-24-47(40)54-50(43)49-48(42)41-21-10-13-23-46(41)53(49)37-28-26-36(27-29-37)52(34-15-5-3-6-16-34)35-17-7-4-8-18-35/h3-10,12-19,21-32H,11,20H2,1-2H3. The van der Waals surface area contributed by atoms with Crippen LogP contribution in [0, 0.1) is 0 Å². The molecule has 11 rings (SSSR count). The topological polar surface area (TPSA) is 21.3 Å². The minimum atomic E-state index is -0.0894. The quantitative estimate of drug-likeness (QED) is 0.179. The molecule has 0 bridgehead atoms. The zero-order chi connectivity index (χ0) is 36.0. The number of allylic oxidation sites excluding steroid dienone is 1. The van der Waals surface area contributed by atoms with Gasteiger partial charge in [-0.05, 0) is 119 Å². The third-order valence-corrected chi connectivity index (χ3v) is 11.8. The number of hydrogen-bond donors (Lipinski definition) is 0. The first kappa shape index (κ1) is 31.0. The molecule has 0 spiro atoms. The second kappa shape index (κ2) is 11.7. The number of rotatable bonds is 5. The number of aryl methyl sites for hydroxylation is 1. The third kappa shape index (κ3) is 4.48. The van der Waals surface area contributed by atoms with E-state index in [-0.39, 0.29) is 5.41 Å². The Bertz CT molecular complexity index is 2900. The second-order valence-electron chi connectivity index (χ2n) is 15.2. The normalized spacial score (nSPS) is 14.0. The van der Waals surface area contributed by atoms with Gasteiger partial charge >= 0.3 is 0 Å². The molecule has 2 heterocycles. The number of para-hydroxylation sites is 3. The summed E-state index contributed by atoms with van der Waals surface area (Å²) in [6, 6.07) is 57.5. The molecule has 0 saturated heterocycles. The molecular formula is C51H38N2O. The minimum absolute atomic E-state index is 0.0894. The molecule has 2 aromatic heterocycles. The van der Waals surface area contributed by atoms with Gasteiger partial charge in [0.15, 0.2) is 5.58 Å². The Morgan fingerprint density at radius 1 is 0.593 bits per heavy atom. The van der Waals surface area contributed by atoms with Crippen molar-refractivity contribution >= 4 is 55.9 Å². The molecule has 0 amide bonds. The number of benzene rings is 7. The Morgan fingerprint density at radius 2 is 1.26 bits per heavy atom. The Balaban J connectivity index is 1.17. The van der Waals surface area contributed by atoms with Crippen molar-refractivity contribution in [3.63, 3.8) is 0 Å². The Hall–Kier alpha value is -6.58. The van der Waals surface area contributed by atoms with E-state index in [9.17, 15) is 0 Å². The maximum atomic E-state index is 6.90. The van der Waals surface area contributed by atoms with Crippen LogP contribution in [0.15, 0.2) is 168 Å². The first-order valence-corrected chi connectivity index (χ1v) is 19.0. The average molecular weight is 695 g/mol. The summed E-state index contributed by atoms with van der Waals surface area (Å²) in [7, 11) is 0. The van der Waals surface area contributed by atoms with Crippen molar-refractivity contribution in [3.8, 4) is 27.9 Å². The molecule has 54 heavy (non-hydrogen) atoms. The number of anilines is 3. The van der Waals surface area contributed by atoms with Crippen LogP contribution < -0.4 is 4.90 Å². The van der Waals surface area contributed by atoms with Gasteiger partial charge in [0.05, 0.1) is 11.0 Å². The molecule has 0 unspecified atom stereocenters. The molecule has 2 aliphatic rings. The molecule has 0 saturated carbocycles. The number of fused-ring (bicyclic) bond motifs is 10. The highest BCUT2D eigenvalue weighted by Crippen LogP contribution is 2.51. The van der Waals surface area contributed by atoms with Crippen molar-refractivity contribution in [2.75, 3.05) is 4.90 Å². The van der Waals surface area contributed by atoms with Crippen molar-refractivity contribution in [2.45, 2.75) is 32.1 Å². The predicted octanol–water partition coefficient (Wildman–Crippen LogP) is 13.9. The van der Waals surface area contributed by atoms with Crippen molar-refractivity contribution in [3.05, 3.63) is 186 Å². The maximum Gasteiger partial charge on any atom is 0.159 e. The fourth-order valence-electron chi connectivity index (χ4n) is 9.30. The van der Waals surface area contributed by atoms with E-state index < -0.39 is 0 Å². The molecule has 0 atom stereocenters. The molecule has 0 radical (unpaired) electrons. The van der Waals surface area contributed by atoms with Crippen molar-refractivity contribution in [1.82, 2.24) is 4.57 Å². The monoisotopic (exact) mass is 694 g/mol. The van der Waals surface area contributed by atoms with Gasteiger partial charge in [-0.2, -0.15) is 0 Å². The largest absolute Gasteiger partial charge is 0.454 e. The number of hydrogen-bond acceptors (Lipinski definition) is 2. The van der Waals surface area contributed by atoms with Crippen LogP contribution in [0.3, 0.4) is 0 Å². The summed E-state index contributed by atoms with van der Waals surface area (Å²) in [6.07, 6.45) is 6.40. The fourth-order valence-corrected chi connectivity index (χ4v) is 9.30. The zero-order valence-electron chi connectivity index (χ0n) is 30.4. The van der Waals surface area contributed by atoms with Crippen LogP contribution in [-0.4, -0.2) is 4.57 Å². The summed E-state index contributed by atoms with van der Waals surface area (Å²) in [5.74, 6) is 0.980. The van der Waals surface area contributed by atoms with Crippen LogP contribution in [0.1, 0.15) is 42.7 Å². The third-order valence-electron chi connectivity index (χ3n) is 11.8. The van der Waals surface area contributed by atoms with Crippen molar-refractivity contribution < 1.29 is 4.42 Å². The summed E-state index contributed by atoms with van der Waals surface area (Å²) in [5.41, 5.74) is 16.8. The van der Waals surface area contributed by atoms with Gasteiger partial charge in [0.25, 0.3) is 0 Å². The van der Waals surface area contributed by atoms with Gasteiger partial charge in [-0.25, -0.2) is 0 Å². The molecule has 2 aliphatic carbocycles. The minimum Gasteiger partial charge on any atom is -0.454 e. The fraction of sp³-hybridized carbons (Fsp3) is 0.0980. The predicted molar refractivity (Wildman–Crippen MR) is 226 cm³/mol. The van der Waals surface area contributed by atoms with Crippen LogP contribution in [-0.2, 0) is 11.8 Å². The smallest absolute Gasteiger partial charge is 0.159 e. The molecule has 9 aromatic rings. The van der Waals surface area contributed by atoms with Gasteiger partial charge in [0.2, 0.25) is 0 Å². The van der Waals surface area contributed by atoms with E-state index in [1.165, 1.54) is 55.1 Å². The summed E-state index contributed by atoms with van der Waals surface area (Å²) >= 11 is 0. The van der Waals surface area contributed by atoms with Crippen LogP contribution >= 0.6 is 0 Å². The van der Waals surface area contributed by atoms with E-state index in [1.54, 1.807) is 0 Å². The highest BCUT2D eigenvalue weighted by atomic mass is 16.3. The first-order chi connectivity index (χ1) is 26.6. The summed E-state index contributed by atoms with van der Waals surface area (Å²) in [6.45, 7) is 4.73. The summed E-state index contributed by atoms with van der Waals surface area (Å²) < 4.78 is 9.33. The van der Waals surface area contributed by atoms with E-state index in [0.29, 0.717) is 0 Å². The van der Waals surface area contributed by atoms with Crippen LogP contribution in [0.2, 0.25) is 0 Å². The molecule has 3 heteroatoms. The van der Waals surface area contributed by atoms with Crippen LogP contribution in [0.25, 0.3) is 66.8 Å². The van der Waals surface area contributed by atoms with Crippen LogP contribution in [0.4, 0.5) is 17.1 Å². The van der Waals surface area contributed by atoms with E-state index in [4.69, 9.17) is 4.42 Å². The molecule has 0 aliphatic heterocycles. The molecule has 0 fully saturated rings. The number of nitrogens with zero attached hydrogens (tertiary/aromatic N) is 2. The van der Waals surface area contributed by atoms with Gasteiger partial charge in [-0.3, -0.25) is 0 Å². The number of aromatic nitrogens is 1. The lowest BCUT2D eigenvalue weighted by Crippen LogP contribution is -2.14. The van der Waals surface area contributed by atoms with Gasteiger partial charge in [0, 0.05) is 49.9 Å². The lowest BCUT2D eigenvalue weighted by atomic mass is 9.81. The SMILES string of the molecule is CC1(C)c2ccccc2-c2ccc(-c3cc4c5c(oc4c4c3c3ccccc3n4-c3ccc(N(c4ccccc4)c4ccccc4)cc3)C=CCC5)cc21. The second-order valence-corrected chi connectivity index (χ2v) is 15.2. The van der Waals surface area contributed by atoms with E-state index in [0.717, 1.165) is 58.0 Å². The first-order valence-electron chi connectivity index (χ1n) is 19.0. The van der Waals surface area contributed by atoms with Crippen molar-refractivity contribution in [1.29, 1.82) is 0 Å². The highest BCUT2D eigenvalue weighted by molar-refractivity contribution is 6.23. The van der Waals surface area contributed by atoms with E-state index in [1.807, 2.05) is 0 Å². The van der Waals surface area contributed by atoms with Gasteiger partial charge in [-0.15, -0.1) is 0 Å². The lowest BCUT2D eigenvalue weighted by molar-refractivity contribution is 0.597. The summed E-state index contributed by atoms with van der Waals surface area (Å²) in [4.78, 5) is 2.31. The average Bonchev–Trinajstić information content (AvgIpc) is 3.85. The lowest BCUT2D eigenvalue weighted by Gasteiger charge is -2.25. The zero-order valence-corrected chi connectivity index (χ0v) is 30.4. The van der Waals surface area contributed by atoms with Crippen molar-refractivity contribution in [2.24, 2.45) is 0 Å².